The summed E-state index contributed by atoms with van der Waals surface area (Å²) in [5.41, 5.74) is 0. The molecule has 0 unspecified atom stereocenters. The molecule has 0 aliphatic carbocycles. The predicted octanol–water partition coefficient (Wildman–Crippen LogP) is 1.95. The molecule has 0 radical (unpaired) electrons. The van der Waals surface area contributed by atoms with Crippen LogP contribution >= 0.6 is 0 Å². The molecule has 0 aromatic heterocycles. The second kappa shape index (κ2) is 10.1. The van der Waals surface area contributed by atoms with Crippen LogP contribution in [0.2, 0.25) is 0 Å². The van der Waals surface area contributed by atoms with Crippen molar-refractivity contribution in [3.63, 3.8) is 0 Å². The lowest BCUT2D eigenvalue weighted by molar-refractivity contribution is -0.169. The van der Waals surface area contributed by atoms with Gasteiger partial charge in [-0.05, 0) is 19.3 Å². The van der Waals surface area contributed by atoms with Gasteiger partial charge in [0.15, 0.2) is 0 Å². The molecular weight excluding hydrogens is 308 g/mol. The van der Waals surface area contributed by atoms with Crippen LogP contribution in [-0.4, -0.2) is 46.9 Å². The van der Waals surface area contributed by atoms with Crippen molar-refractivity contribution in [1.29, 1.82) is 0 Å². The molecule has 7 nitrogen and oxygen atoms in total. The maximum Gasteiger partial charge on any atom is 0.679 e. The van der Waals surface area contributed by atoms with Gasteiger partial charge >= 0.3 is 21.0 Å². The third-order valence-electron chi connectivity index (χ3n) is 2.78. The fraction of sp³-hybridized carbons (Fsp3) is 0.857. The third-order valence-corrected chi connectivity index (χ3v) is 5.07. The molecule has 1 saturated heterocycles. The number of rotatable bonds is 11. The zero-order chi connectivity index (χ0) is 16.4. The highest BCUT2D eigenvalue weighted by Crippen LogP contribution is 2.22. The molecule has 1 rings (SSSR count). The van der Waals surface area contributed by atoms with Crippen molar-refractivity contribution < 1.29 is 32.0 Å². The first kappa shape index (κ1) is 19.2. The van der Waals surface area contributed by atoms with Crippen molar-refractivity contribution in [2.24, 2.45) is 0 Å². The first-order valence-corrected chi connectivity index (χ1v) is 9.51. The highest BCUT2D eigenvalue weighted by Gasteiger charge is 2.49. The fourth-order valence-corrected chi connectivity index (χ4v) is 4.24. The van der Waals surface area contributed by atoms with Crippen LogP contribution in [0.3, 0.4) is 0 Å². The standard InChI is InChI=1S/C14H26O7Si/c1-4-7-17-22(18-8-5-2,19-9-6-3)21-12-10-13(15)20-14(16)11-12/h12H,4-11H2,1-3H3. The molecule has 1 aliphatic rings. The van der Waals surface area contributed by atoms with E-state index in [1.165, 1.54) is 0 Å². The van der Waals surface area contributed by atoms with Crippen molar-refractivity contribution in [1.82, 2.24) is 0 Å². The van der Waals surface area contributed by atoms with Gasteiger partial charge < -0.3 is 22.4 Å². The molecule has 0 amide bonds. The van der Waals surface area contributed by atoms with Crippen molar-refractivity contribution in [3.8, 4) is 0 Å². The van der Waals surface area contributed by atoms with Gasteiger partial charge in [-0.1, -0.05) is 20.8 Å². The van der Waals surface area contributed by atoms with Crippen LogP contribution in [0.25, 0.3) is 0 Å². The fourth-order valence-electron chi connectivity index (χ4n) is 1.85. The quantitative estimate of drug-likeness (QED) is 0.324. The molecule has 8 heteroatoms. The average molecular weight is 334 g/mol. The minimum atomic E-state index is -3.37. The predicted molar refractivity (Wildman–Crippen MR) is 79.7 cm³/mol. The summed E-state index contributed by atoms with van der Waals surface area (Å²) in [6, 6.07) is 0. The van der Waals surface area contributed by atoms with Gasteiger partial charge in [0.2, 0.25) is 0 Å². The largest absolute Gasteiger partial charge is 0.679 e. The van der Waals surface area contributed by atoms with Crippen molar-refractivity contribution >= 4 is 21.0 Å². The summed E-state index contributed by atoms with van der Waals surface area (Å²) in [6.07, 6.45) is 1.74. The topological polar surface area (TPSA) is 80.3 Å². The Morgan fingerprint density at radius 2 is 1.32 bits per heavy atom. The van der Waals surface area contributed by atoms with Gasteiger partial charge in [0.25, 0.3) is 0 Å². The van der Waals surface area contributed by atoms with Crippen LogP contribution in [0.5, 0.6) is 0 Å². The van der Waals surface area contributed by atoms with Crippen LogP contribution in [-0.2, 0) is 32.0 Å². The summed E-state index contributed by atoms with van der Waals surface area (Å²) in [6.45, 7) is 7.22. The van der Waals surface area contributed by atoms with Gasteiger partial charge in [-0.2, -0.15) is 0 Å². The number of cyclic esters (lactones) is 2. The molecule has 22 heavy (non-hydrogen) atoms. The Balaban J connectivity index is 2.79. The average Bonchev–Trinajstić information content (AvgIpc) is 2.47. The van der Waals surface area contributed by atoms with Crippen LogP contribution in [0, 0.1) is 0 Å². The molecule has 1 heterocycles. The zero-order valence-electron chi connectivity index (χ0n) is 13.6. The normalized spacial score (nSPS) is 16.9. The lowest BCUT2D eigenvalue weighted by atomic mass is 10.1. The van der Waals surface area contributed by atoms with E-state index in [0.717, 1.165) is 19.3 Å². The van der Waals surface area contributed by atoms with Crippen LogP contribution in [0.4, 0.5) is 0 Å². The molecule has 0 spiro atoms. The van der Waals surface area contributed by atoms with Gasteiger partial charge in [-0.15, -0.1) is 0 Å². The van der Waals surface area contributed by atoms with Gasteiger partial charge in [0, 0.05) is 19.8 Å². The van der Waals surface area contributed by atoms with E-state index in [4.69, 9.17) is 17.7 Å². The number of carbonyl (C=O) groups excluding carboxylic acids is 2. The smallest absolute Gasteiger partial charge is 0.393 e. The highest BCUT2D eigenvalue weighted by atomic mass is 28.4. The second-order valence-corrected chi connectivity index (χ2v) is 7.14. The summed E-state index contributed by atoms with van der Waals surface area (Å²) in [5.74, 6) is -1.18. The Morgan fingerprint density at radius 3 is 1.68 bits per heavy atom. The Morgan fingerprint density at radius 1 is 0.909 bits per heavy atom. The summed E-state index contributed by atoms with van der Waals surface area (Å²) >= 11 is 0. The number of esters is 2. The Hall–Kier alpha value is -0.803. The minimum absolute atomic E-state index is 0.000938. The van der Waals surface area contributed by atoms with Gasteiger partial charge in [0.05, 0.1) is 18.9 Å². The summed E-state index contributed by atoms with van der Waals surface area (Å²) in [7, 11) is -3.37. The lowest BCUT2D eigenvalue weighted by Gasteiger charge is -2.32. The van der Waals surface area contributed by atoms with Gasteiger partial charge in [-0.3, -0.25) is 9.59 Å². The van der Waals surface area contributed by atoms with E-state index in [9.17, 15) is 9.59 Å². The molecule has 0 atom stereocenters. The molecule has 128 valence electrons. The van der Waals surface area contributed by atoms with E-state index in [2.05, 4.69) is 4.74 Å². The summed E-state index contributed by atoms with van der Waals surface area (Å²) in [4.78, 5) is 22.8. The first-order valence-electron chi connectivity index (χ1n) is 7.88. The molecule has 0 saturated carbocycles. The van der Waals surface area contributed by atoms with Gasteiger partial charge in [0.1, 0.15) is 0 Å². The van der Waals surface area contributed by atoms with Gasteiger partial charge in [-0.25, -0.2) is 0 Å². The van der Waals surface area contributed by atoms with E-state index in [1.807, 2.05) is 20.8 Å². The number of carbonyl (C=O) groups is 2. The zero-order valence-corrected chi connectivity index (χ0v) is 14.6. The maximum absolute atomic E-state index is 11.4. The van der Waals surface area contributed by atoms with E-state index >= 15 is 0 Å². The molecule has 0 aromatic rings. The summed E-state index contributed by atoms with van der Waals surface area (Å²) < 4.78 is 27.7. The maximum atomic E-state index is 11.4. The molecule has 0 N–H and O–H groups in total. The third kappa shape index (κ3) is 6.53. The van der Waals surface area contributed by atoms with E-state index in [0.29, 0.717) is 19.8 Å². The molecular formula is C14H26O7Si. The number of hydrogen-bond donors (Lipinski definition) is 0. The lowest BCUT2D eigenvalue weighted by Crippen LogP contribution is -2.53. The molecule has 0 bridgehead atoms. The monoisotopic (exact) mass is 334 g/mol. The molecule has 0 aromatic carbocycles. The van der Waals surface area contributed by atoms with Crippen molar-refractivity contribution in [2.75, 3.05) is 19.8 Å². The van der Waals surface area contributed by atoms with Crippen LogP contribution < -0.4 is 0 Å². The Bertz CT molecular complexity index is 323. The van der Waals surface area contributed by atoms with Crippen LogP contribution in [0.1, 0.15) is 52.9 Å². The molecule has 1 fully saturated rings. The highest BCUT2D eigenvalue weighted by molar-refractivity contribution is 6.53. The first-order chi connectivity index (χ1) is 10.5. The summed E-state index contributed by atoms with van der Waals surface area (Å²) in [5, 5.41) is 0. The van der Waals surface area contributed by atoms with E-state index in [-0.39, 0.29) is 12.8 Å². The van der Waals surface area contributed by atoms with Crippen molar-refractivity contribution in [3.05, 3.63) is 0 Å². The minimum Gasteiger partial charge on any atom is -0.393 e. The second-order valence-electron chi connectivity index (χ2n) is 5.04. The number of hydrogen-bond acceptors (Lipinski definition) is 7. The number of ether oxygens (including phenoxy) is 1. The van der Waals surface area contributed by atoms with Crippen molar-refractivity contribution in [2.45, 2.75) is 59.0 Å². The Labute approximate surface area is 132 Å². The SMILES string of the molecule is CCCO[Si](OCCC)(OCCC)OC1CC(=O)OC(=O)C1. The van der Waals surface area contributed by atoms with E-state index < -0.39 is 27.1 Å². The van der Waals surface area contributed by atoms with Crippen LogP contribution in [0.15, 0.2) is 0 Å². The Kier molecular flexibility index (Phi) is 8.80. The van der Waals surface area contributed by atoms with E-state index in [1.54, 1.807) is 0 Å². The molecule has 1 aliphatic heterocycles.